The number of pyridine rings is 1. The molecule has 1 aromatic heterocycles. The zero-order valence-electron chi connectivity index (χ0n) is 25.7. The summed E-state index contributed by atoms with van der Waals surface area (Å²) in [5, 5.41) is 14.2. The van der Waals surface area contributed by atoms with E-state index < -0.39 is 30.0 Å². The number of nitrogens with zero attached hydrogens (tertiary/aromatic N) is 3. The average molecular weight is 649 g/mol. The number of carbonyl (C=O) groups is 2. The molecular weight excluding hydrogens is 609 g/mol. The molecule has 1 saturated heterocycles. The molecule has 3 heterocycles. The number of aliphatic carboxylic acids is 1. The minimum Gasteiger partial charge on any atom is -0.496 e. The fraction of sp³-hybridized carbons (Fsp3) is 0.469. The smallest absolute Gasteiger partial charge is 0.431 e. The Morgan fingerprint density at radius 2 is 2.07 bits per heavy atom. The van der Waals surface area contributed by atoms with Crippen LogP contribution in [0.5, 0.6) is 11.5 Å². The number of aromatic nitrogens is 1. The molecule has 2 aliphatic heterocycles. The highest BCUT2D eigenvalue weighted by molar-refractivity contribution is 8.10. The molecule has 0 aliphatic carbocycles. The third-order valence-corrected chi connectivity index (χ3v) is 8.86. The Morgan fingerprint density at radius 1 is 1.29 bits per heavy atom. The van der Waals surface area contributed by atoms with Crippen molar-refractivity contribution in [2.24, 2.45) is 0 Å². The monoisotopic (exact) mass is 648 g/mol. The predicted molar refractivity (Wildman–Crippen MR) is 169 cm³/mol. The fourth-order valence-corrected chi connectivity index (χ4v) is 6.31. The number of nitrogens with one attached hydrogen (secondary N) is 1. The molecule has 1 aromatic carbocycles. The van der Waals surface area contributed by atoms with E-state index >= 15 is 0 Å². The summed E-state index contributed by atoms with van der Waals surface area (Å²) in [6.07, 6.45) is 1.94. The summed E-state index contributed by atoms with van der Waals surface area (Å²) in [7, 11) is 3.21. The first-order chi connectivity index (χ1) is 21.4. The molecule has 0 bridgehead atoms. The molecular formula is C32H39F3N4O5S. The van der Waals surface area contributed by atoms with Crippen LogP contribution in [-0.4, -0.2) is 84.0 Å². The third kappa shape index (κ3) is 8.24. The second-order valence-electron chi connectivity index (χ2n) is 11.0. The number of benzene rings is 1. The van der Waals surface area contributed by atoms with Gasteiger partial charge in [0.1, 0.15) is 29.3 Å². The van der Waals surface area contributed by atoms with E-state index in [0.29, 0.717) is 52.4 Å². The van der Waals surface area contributed by atoms with Crippen LogP contribution in [0.3, 0.4) is 0 Å². The summed E-state index contributed by atoms with van der Waals surface area (Å²) in [6, 6.07) is 3.85. The summed E-state index contributed by atoms with van der Waals surface area (Å²) < 4.78 is 52.3. The van der Waals surface area contributed by atoms with Crippen LogP contribution >= 0.6 is 11.8 Å². The number of carboxylic acids is 1. The van der Waals surface area contributed by atoms with E-state index in [2.05, 4.69) is 11.9 Å². The van der Waals surface area contributed by atoms with Crippen molar-refractivity contribution in [3.63, 3.8) is 0 Å². The molecule has 2 N–H and O–H groups in total. The number of urea groups is 1. The van der Waals surface area contributed by atoms with Crippen molar-refractivity contribution in [3.05, 3.63) is 59.3 Å². The third-order valence-electron chi connectivity index (χ3n) is 7.87. The Balaban J connectivity index is 1.62. The van der Waals surface area contributed by atoms with Gasteiger partial charge in [-0.05, 0) is 44.7 Å². The highest BCUT2D eigenvalue weighted by Gasteiger charge is 2.39. The number of carboxylic acid groups (broad SMARTS) is 1. The first kappa shape index (κ1) is 34.0. The van der Waals surface area contributed by atoms with Crippen LogP contribution in [0.2, 0.25) is 0 Å². The number of unbranched alkanes of at least 4 members (excludes halogenated alkanes) is 2. The van der Waals surface area contributed by atoms with Crippen molar-refractivity contribution >= 4 is 39.6 Å². The molecule has 0 radical (unpaired) electrons. The number of fused-ring (bicyclic) bond motifs is 1. The molecule has 0 spiro atoms. The molecule has 2 amide bonds. The second-order valence-corrected chi connectivity index (χ2v) is 11.9. The van der Waals surface area contributed by atoms with E-state index in [1.807, 2.05) is 19.1 Å². The first-order valence-electron chi connectivity index (χ1n) is 14.8. The second kappa shape index (κ2) is 14.9. The van der Waals surface area contributed by atoms with E-state index in [-0.39, 0.29) is 25.5 Å². The van der Waals surface area contributed by atoms with E-state index in [1.54, 1.807) is 37.3 Å². The van der Waals surface area contributed by atoms with Crippen molar-refractivity contribution in [1.29, 1.82) is 0 Å². The normalized spacial score (nSPS) is 19.0. The number of thioether (sulfide) groups is 1. The van der Waals surface area contributed by atoms with Gasteiger partial charge in [0.15, 0.2) is 0 Å². The molecule has 4 rings (SSSR count). The molecule has 2 aromatic rings. The minimum absolute atomic E-state index is 0.0699. The molecule has 45 heavy (non-hydrogen) atoms. The van der Waals surface area contributed by atoms with E-state index in [1.165, 1.54) is 4.90 Å². The lowest BCUT2D eigenvalue weighted by molar-refractivity contribution is -0.144. The zero-order chi connectivity index (χ0) is 32.7. The molecule has 9 nitrogen and oxygen atoms in total. The van der Waals surface area contributed by atoms with Gasteiger partial charge in [0, 0.05) is 66.9 Å². The molecule has 2 aliphatic rings. The Morgan fingerprint density at radius 3 is 2.76 bits per heavy atom. The van der Waals surface area contributed by atoms with Crippen LogP contribution < -0.4 is 14.8 Å². The number of allylic oxidation sites excluding steroid dienone is 2. The van der Waals surface area contributed by atoms with Crippen LogP contribution in [0, 0.1) is 6.92 Å². The number of rotatable bonds is 10. The number of amides is 2. The molecule has 0 unspecified atom stereocenters. The number of halogens is 3. The Bertz CT molecular complexity index is 1480. The van der Waals surface area contributed by atoms with Gasteiger partial charge < -0.3 is 29.7 Å². The highest BCUT2D eigenvalue weighted by Crippen LogP contribution is 2.39. The van der Waals surface area contributed by atoms with Crippen molar-refractivity contribution < 1.29 is 37.3 Å². The summed E-state index contributed by atoms with van der Waals surface area (Å²) >= 11 is 0.919. The van der Waals surface area contributed by atoms with Crippen LogP contribution in [-0.2, 0) is 4.79 Å². The maximum absolute atomic E-state index is 13.5. The topological polar surface area (TPSA) is 104 Å². The van der Waals surface area contributed by atoms with E-state index in [4.69, 9.17) is 14.5 Å². The SMILES string of the molecule is C=CCCCCN(C)C(=O)N1CC[C@H](Oc2cc(C3=CCCNC(C(F)(F)F)=CS3)nc3c(C)c(OC)ccc23)C[C@H]1C(=O)O. The van der Waals surface area contributed by atoms with Crippen LogP contribution in [0.1, 0.15) is 49.8 Å². The molecule has 0 saturated carbocycles. The quantitative estimate of drug-likeness (QED) is 0.216. The number of hydrogen-bond donors (Lipinski definition) is 2. The van der Waals surface area contributed by atoms with Gasteiger partial charge in [-0.2, -0.15) is 13.2 Å². The minimum atomic E-state index is -4.51. The van der Waals surface area contributed by atoms with Gasteiger partial charge in [-0.25, -0.2) is 14.6 Å². The Labute approximate surface area is 265 Å². The number of aryl methyl sites for hydroxylation is 1. The van der Waals surface area contributed by atoms with Crippen molar-refractivity contribution in [1.82, 2.24) is 20.1 Å². The number of methoxy groups -OCH3 is 1. The van der Waals surface area contributed by atoms with E-state index in [0.717, 1.165) is 42.0 Å². The number of alkyl halides is 3. The summed E-state index contributed by atoms with van der Waals surface area (Å²) in [5.74, 6) is -0.0996. The van der Waals surface area contributed by atoms with Crippen molar-refractivity contribution in [2.75, 3.05) is 33.8 Å². The van der Waals surface area contributed by atoms with Crippen molar-refractivity contribution in [2.45, 2.75) is 63.8 Å². The number of carbonyl (C=O) groups excluding carboxylic acids is 1. The summed E-state index contributed by atoms with van der Waals surface area (Å²) in [5.41, 5.74) is 0.894. The lowest BCUT2D eigenvalue weighted by Crippen LogP contribution is -2.55. The van der Waals surface area contributed by atoms with E-state index in [9.17, 15) is 27.9 Å². The summed E-state index contributed by atoms with van der Waals surface area (Å²) in [4.78, 5) is 33.8. The number of likely N-dealkylation sites (tertiary alicyclic amines) is 1. The largest absolute Gasteiger partial charge is 0.496 e. The van der Waals surface area contributed by atoms with Crippen LogP contribution in [0.25, 0.3) is 15.8 Å². The van der Waals surface area contributed by atoms with Crippen molar-refractivity contribution in [3.8, 4) is 11.5 Å². The van der Waals surface area contributed by atoms with Gasteiger partial charge in [-0.1, -0.05) is 23.9 Å². The van der Waals surface area contributed by atoms with Gasteiger partial charge in [-0.15, -0.1) is 6.58 Å². The lowest BCUT2D eigenvalue weighted by atomic mass is 9.99. The molecule has 244 valence electrons. The number of hydrogen-bond acceptors (Lipinski definition) is 7. The predicted octanol–water partition coefficient (Wildman–Crippen LogP) is 6.73. The average Bonchev–Trinajstić information content (AvgIpc) is 2.98. The van der Waals surface area contributed by atoms with Crippen LogP contribution in [0.15, 0.2) is 48.0 Å². The lowest BCUT2D eigenvalue weighted by Gasteiger charge is -2.39. The molecule has 1 fully saturated rings. The van der Waals surface area contributed by atoms with Gasteiger partial charge in [0.2, 0.25) is 0 Å². The number of piperidine rings is 1. The van der Waals surface area contributed by atoms with Gasteiger partial charge in [-0.3, -0.25) is 0 Å². The fourth-order valence-electron chi connectivity index (χ4n) is 5.41. The standard InChI is InChI=1S/C32H39F3N4O5S/c1-5-6-7-8-15-38(3)31(42)39-16-13-21(17-24(39)30(40)41)44-26-18-23(37-29-20(2)25(43-4)12-11-22(26)29)27-10-9-14-36-28(19-45-27)32(33,34)35/h5,10-12,18-19,21,24,36H,1,6-9,13-17H2,2-4H3,(H,40,41)/t21-,24-/m0/s1. The summed E-state index contributed by atoms with van der Waals surface area (Å²) in [6.45, 7) is 6.35. The maximum Gasteiger partial charge on any atom is 0.431 e. The zero-order valence-corrected chi connectivity index (χ0v) is 26.5. The van der Waals surface area contributed by atoms with Gasteiger partial charge in [0.25, 0.3) is 0 Å². The molecule has 13 heteroatoms. The maximum atomic E-state index is 13.5. The first-order valence-corrected chi connectivity index (χ1v) is 15.7. The number of ether oxygens (including phenoxy) is 2. The van der Waals surface area contributed by atoms with Gasteiger partial charge in [0.05, 0.1) is 18.3 Å². The highest BCUT2D eigenvalue weighted by atomic mass is 32.2. The Kier molecular flexibility index (Phi) is 11.3. The van der Waals surface area contributed by atoms with Crippen LogP contribution in [0.4, 0.5) is 18.0 Å². The molecule has 2 atom stereocenters. The van der Waals surface area contributed by atoms with Gasteiger partial charge >= 0.3 is 18.2 Å². The Hall–Kier alpha value is -3.87.